The molecule has 0 bridgehead atoms. The molecule has 3 nitrogen and oxygen atoms in total. The number of hydrogen-bond donors (Lipinski definition) is 1. The van der Waals surface area contributed by atoms with Crippen LogP contribution < -0.4 is 5.32 Å². The Morgan fingerprint density at radius 1 is 1.33 bits per heavy atom. The van der Waals surface area contributed by atoms with Gasteiger partial charge in [-0.15, -0.1) is 0 Å². The maximum atomic E-state index is 13.4. The number of nitriles is 1. The Balaban J connectivity index is 2.54. The average Bonchev–Trinajstić information content (AvgIpc) is 2.38. The number of hydrogen-bond acceptors (Lipinski definition) is 3. The normalized spacial score (nSPS) is 10.4. The van der Waals surface area contributed by atoms with Crippen LogP contribution in [0.1, 0.15) is 25.8 Å². The Labute approximate surface area is 108 Å². The third-order valence-electron chi connectivity index (χ3n) is 2.86. The van der Waals surface area contributed by atoms with Gasteiger partial charge < -0.3 is 10.2 Å². The second-order valence-corrected chi connectivity index (χ2v) is 4.14. The van der Waals surface area contributed by atoms with Gasteiger partial charge in [0, 0.05) is 13.1 Å². The predicted molar refractivity (Wildman–Crippen MR) is 72.0 cm³/mol. The van der Waals surface area contributed by atoms with E-state index in [0.717, 1.165) is 26.1 Å². The summed E-state index contributed by atoms with van der Waals surface area (Å²) in [6.45, 7) is 7.95. The molecule has 18 heavy (non-hydrogen) atoms. The molecule has 1 rings (SSSR count). The molecule has 4 heteroatoms. The van der Waals surface area contributed by atoms with Gasteiger partial charge in [0.15, 0.2) is 0 Å². The molecule has 0 saturated carbocycles. The summed E-state index contributed by atoms with van der Waals surface area (Å²) in [5.41, 5.74) is 0.668. The zero-order chi connectivity index (χ0) is 13.4. The van der Waals surface area contributed by atoms with Crippen molar-refractivity contribution in [2.45, 2.75) is 20.3 Å². The third kappa shape index (κ3) is 4.01. The van der Waals surface area contributed by atoms with Crippen molar-refractivity contribution >= 4 is 5.69 Å². The highest BCUT2D eigenvalue weighted by Crippen LogP contribution is 2.17. The van der Waals surface area contributed by atoms with E-state index in [-0.39, 0.29) is 5.56 Å². The summed E-state index contributed by atoms with van der Waals surface area (Å²) in [6, 6.07) is 6.54. The molecule has 0 aromatic heterocycles. The summed E-state index contributed by atoms with van der Waals surface area (Å²) in [4.78, 5) is 2.32. The molecule has 0 radical (unpaired) electrons. The van der Waals surface area contributed by atoms with Crippen LogP contribution in [0.25, 0.3) is 0 Å². The van der Waals surface area contributed by atoms with Crippen molar-refractivity contribution < 1.29 is 4.39 Å². The number of anilines is 1. The first kappa shape index (κ1) is 14.5. The molecule has 0 fully saturated rings. The Kier molecular flexibility index (Phi) is 6.16. The Bertz CT molecular complexity index is 412. The van der Waals surface area contributed by atoms with Gasteiger partial charge in [-0.3, -0.25) is 0 Å². The summed E-state index contributed by atoms with van der Waals surface area (Å²) in [7, 11) is 0. The molecule has 0 atom stereocenters. The number of nitrogens with one attached hydrogen (secondary N) is 1. The van der Waals surface area contributed by atoms with Crippen molar-refractivity contribution in [2.75, 3.05) is 31.5 Å². The molecule has 0 saturated heterocycles. The molecule has 0 spiro atoms. The van der Waals surface area contributed by atoms with Crippen LogP contribution in [0.4, 0.5) is 10.1 Å². The van der Waals surface area contributed by atoms with Gasteiger partial charge in [0.05, 0.1) is 5.69 Å². The van der Waals surface area contributed by atoms with Crippen LogP contribution in [0.5, 0.6) is 0 Å². The van der Waals surface area contributed by atoms with E-state index in [1.807, 2.05) is 6.07 Å². The Morgan fingerprint density at radius 2 is 2.11 bits per heavy atom. The van der Waals surface area contributed by atoms with Gasteiger partial charge in [0.2, 0.25) is 0 Å². The SMILES string of the molecule is CCCN(CC)CCNc1cccc(F)c1C#N. The van der Waals surface area contributed by atoms with Crippen LogP contribution in [0, 0.1) is 17.1 Å². The fourth-order valence-electron chi connectivity index (χ4n) is 1.88. The first-order chi connectivity index (χ1) is 8.72. The van der Waals surface area contributed by atoms with Gasteiger partial charge in [-0.1, -0.05) is 19.9 Å². The van der Waals surface area contributed by atoms with Crippen LogP contribution in [-0.4, -0.2) is 31.1 Å². The molecule has 0 aliphatic carbocycles. The smallest absolute Gasteiger partial charge is 0.143 e. The molecule has 0 aliphatic heterocycles. The second-order valence-electron chi connectivity index (χ2n) is 4.14. The van der Waals surface area contributed by atoms with Crippen LogP contribution in [0.15, 0.2) is 18.2 Å². The van der Waals surface area contributed by atoms with Gasteiger partial charge in [-0.25, -0.2) is 4.39 Å². The number of nitrogens with zero attached hydrogens (tertiary/aromatic N) is 2. The average molecular weight is 249 g/mol. The fourth-order valence-corrected chi connectivity index (χ4v) is 1.88. The molecular formula is C14H20FN3. The third-order valence-corrected chi connectivity index (χ3v) is 2.86. The maximum absolute atomic E-state index is 13.4. The molecule has 0 amide bonds. The fraction of sp³-hybridized carbons (Fsp3) is 0.500. The lowest BCUT2D eigenvalue weighted by atomic mass is 10.2. The predicted octanol–water partition coefficient (Wildman–Crippen LogP) is 2.84. The van der Waals surface area contributed by atoms with Crippen LogP contribution in [0.3, 0.4) is 0 Å². The number of halogens is 1. The topological polar surface area (TPSA) is 39.1 Å². The van der Waals surface area contributed by atoms with Gasteiger partial charge >= 0.3 is 0 Å². The highest BCUT2D eigenvalue weighted by Gasteiger charge is 2.07. The zero-order valence-electron chi connectivity index (χ0n) is 11.0. The largest absolute Gasteiger partial charge is 0.383 e. The first-order valence-electron chi connectivity index (χ1n) is 6.37. The summed E-state index contributed by atoms with van der Waals surface area (Å²) in [6.07, 6.45) is 1.12. The molecule has 0 heterocycles. The van der Waals surface area contributed by atoms with Gasteiger partial charge in [0.1, 0.15) is 17.4 Å². The summed E-state index contributed by atoms with van der Waals surface area (Å²) < 4.78 is 13.4. The van der Waals surface area contributed by atoms with Crippen molar-refractivity contribution in [3.63, 3.8) is 0 Å². The minimum atomic E-state index is -0.469. The van der Waals surface area contributed by atoms with E-state index in [2.05, 4.69) is 24.1 Å². The highest BCUT2D eigenvalue weighted by atomic mass is 19.1. The van der Waals surface area contributed by atoms with Crippen molar-refractivity contribution in [2.24, 2.45) is 0 Å². The van der Waals surface area contributed by atoms with E-state index < -0.39 is 5.82 Å². The standard InChI is InChI=1S/C14H20FN3/c1-3-9-18(4-2)10-8-17-14-7-5-6-13(15)12(14)11-16/h5-7,17H,3-4,8-10H2,1-2H3. The minimum Gasteiger partial charge on any atom is -0.383 e. The Hall–Kier alpha value is -1.60. The zero-order valence-corrected chi connectivity index (χ0v) is 11.0. The molecule has 0 unspecified atom stereocenters. The van der Waals surface area contributed by atoms with E-state index >= 15 is 0 Å². The number of likely N-dealkylation sites (N-methyl/N-ethyl adjacent to an activating group) is 1. The van der Waals surface area contributed by atoms with E-state index in [0.29, 0.717) is 12.2 Å². The van der Waals surface area contributed by atoms with E-state index in [4.69, 9.17) is 5.26 Å². The van der Waals surface area contributed by atoms with Crippen molar-refractivity contribution in [3.8, 4) is 6.07 Å². The minimum absolute atomic E-state index is 0.0936. The Morgan fingerprint density at radius 3 is 2.72 bits per heavy atom. The van der Waals surface area contributed by atoms with E-state index in [1.165, 1.54) is 6.07 Å². The number of benzene rings is 1. The highest BCUT2D eigenvalue weighted by molar-refractivity contribution is 5.57. The molecule has 1 aromatic carbocycles. The van der Waals surface area contributed by atoms with Crippen LogP contribution in [-0.2, 0) is 0 Å². The van der Waals surface area contributed by atoms with Gasteiger partial charge in [-0.2, -0.15) is 5.26 Å². The number of rotatable bonds is 7. The van der Waals surface area contributed by atoms with E-state index in [1.54, 1.807) is 12.1 Å². The quantitative estimate of drug-likeness (QED) is 0.807. The molecule has 0 aliphatic rings. The summed E-state index contributed by atoms with van der Waals surface area (Å²) in [5.74, 6) is -0.469. The molecule has 98 valence electrons. The lowest BCUT2D eigenvalue weighted by Gasteiger charge is -2.20. The van der Waals surface area contributed by atoms with Gasteiger partial charge in [0.25, 0.3) is 0 Å². The maximum Gasteiger partial charge on any atom is 0.143 e. The van der Waals surface area contributed by atoms with Crippen molar-refractivity contribution in [1.29, 1.82) is 5.26 Å². The lowest BCUT2D eigenvalue weighted by molar-refractivity contribution is 0.300. The lowest BCUT2D eigenvalue weighted by Crippen LogP contribution is -2.29. The molecule has 1 aromatic rings. The van der Waals surface area contributed by atoms with Crippen LogP contribution >= 0.6 is 0 Å². The molecule has 1 N–H and O–H groups in total. The van der Waals surface area contributed by atoms with E-state index in [9.17, 15) is 4.39 Å². The second kappa shape index (κ2) is 7.67. The van der Waals surface area contributed by atoms with Gasteiger partial charge in [-0.05, 0) is 31.6 Å². The van der Waals surface area contributed by atoms with Crippen molar-refractivity contribution in [1.82, 2.24) is 4.90 Å². The first-order valence-corrected chi connectivity index (χ1v) is 6.37. The summed E-state index contributed by atoms with van der Waals surface area (Å²) in [5, 5.41) is 12.0. The van der Waals surface area contributed by atoms with Crippen molar-refractivity contribution in [3.05, 3.63) is 29.6 Å². The molecular weight excluding hydrogens is 229 g/mol. The van der Waals surface area contributed by atoms with Crippen LogP contribution in [0.2, 0.25) is 0 Å². The summed E-state index contributed by atoms with van der Waals surface area (Å²) >= 11 is 0. The monoisotopic (exact) mass is 249 g/mol.